The van der Waals surface area contributed by atoms with Crippen LogP contribution in [0, 0.1) is 0 Å². The van der Waals surface area contributed by atoms with Gasteiger partial charge in [0, 0.05) is 10.0 Å². The van der Waals surface area contributed by atoms with Crippen LogP contribution in [0.15, 0.2) is 63.5 Å². The van der Waals surface area contributed by atoms with Gasteiger partial charge in [-0.1, -0.05) is 76.1 Å². The van der Waals surface area contributed by atoms with Gasteiger partial charge in [0.2, 0.25) is 0 Å². The molecule has 0 aliphatic rings. The van der Waals surface area contributed by atoms with E-state index in [1.54, 1.807) is 0 Å². The second kappa shape index (κ2) is 10.4. The lowest BCUT2D eigenvalue weighted by atomic mass is 9.94. The lowest BCUT2D eigenvalue weighted by Gasteiger charge is -2.19. The molecule has 2 aromatic carbocycles. The van der Waals surface area contributed by atoms with Gasteiger partial charge in [-0.05, 0) is 63.6 Å². The average molecular weight is 448 g/mol. The molecule has 4 heteroatoms. The third-order valence-electron chi connectivity index (χ3n) is 4.56. The van der Waals surface area contributed by atoms with Gasteiger partial charge in [-0.15, -0.1) is 0 Å². The van der Waals surface area contributed by atoms with E-state index in [1.807, 2.05) is 39.0 Å². The molecule has 0 bridgehead atoms. The molecule has 0 saturated heterocycles. The normalized spacial score (nSPS) is 14.8. The lowest BCUT2D eigenvalue weighted by Crippen LogP contribution is -2.27. The molecule has 0 fully saturated rings. The Morgan fingerprint density at radius 3 is 2.26 bits per heavy atom. The van der Waals surface area contributed by atoms with Gasteiger partial charge < -0.3 is 4.55 Å². The molecule has 0 radical (unpaired) electrons. The first-order valence-electron chi connectivity index (χ1n) is 9.58. The van der Waals surface area contributed by atoms with Crippen molar-refractivity contribution in [2.75, 3.05) is 0 Å². The highest BCUT2D eigenvalue weighted by atomic mass is 79.9. The van der Waals surface area contributed by atoms with Crippen LogP contribution in [0.5, 0.6) is 0 Å². The van der Waals surface area contributed by atoms with Crippen LogP contribution in [0.2, 0.25) is 0 Å². The van der Waals surface area contributed by atoms with Crippen molar-refractivity contribution in [2.45, 2.75) is 64.0 Å². The van der Waals surface area contributed by atoms with Gasteiger partial charge in [-0.25, -0.2) is 0 Å². The van der Waals surface area contributed by atoms with E-state index in [1.165, 1.54) is 5.56 Å². The first kappa shape index (κ1) is 22.2. The van der Waals surface area contributed by atoms with E-state index in [0.717, 1.165) is 41.4 Å². The summed E-state index contributed by atoms with van der Waals surface area (Å²) in [6.07, 6.45) is 4.19. The molecule has 2 rings (SSSR count). The first-order valence-corrected chi connectivity index (χ1v) is 11.5. The minimum atomic E-state index is -1.23. The van der Waals surface area contributed by atoms with Crippen LogP contribution in [0.4, 0.5) is 0 Å². The molecule has 2 nitrogen and oxygen atoms in total. The van der Waals surface area contributed by atoms with Crippen LogP contribution < -0.4 is 0 Å². The van der Waals surface area contributed by atoms with Gasteiger partial charge in [0.1, 0.15) is 16.1 Å². The first-order chi connectivity index (χ1) is 12.8. The molecule has 1 unspecified atom stereocenters. The average Bonchev–Trinajstić information content (AvgIpc) is 2.64. The second-order valence-corrected chi connectivity index (χ2v) is 10.8. The molecule has 0 aromatic heterocycles. The zero-order chi connectivity index (χ0) is 19.9. The van der Waals surface area contributed by atoms with Crippen LogP contribution >= 0.6 is 15.9 Å². The molecular weight excluding hydrogens is 418 g/mol. The summed E-state index contributed by atoms with van der Waals surface area (Å²) >= 11 is 2.26. The number of hydrogen-bond donors (Lipinski definition) is 0. The van der Waals surface area contributed by atoms with E-state index < -0.39 is 11.4 Å². The Kier molecular flexibility index (Phi) is 8.59. The van der Waals surface area contributed by atoms with E-state index in [4.69, 9.17) is 0 Å². The maximum atomic E-state index is 12.5. The quantitative estimate of drug-likeness (QED) is 0.242. The fourth-order valence-electron chi connectivity index (χ4n) is 2.81. The van der Waals surface area contributed by atoms with Crippen molar-refractivity contribution in [3.63, 3.8) is 0 Å². The van der Waals surface area contributed by atoms with E-state index in [9.17, 15) is 4.55 Å². The summed E-state index contributed by atoms with van der Waals surface area (Å²) in [5, 5.41) is 0. The van der Waals surface area contributed by atoms with Crippen molar-refractivity contribution < 1.29 is 4.55 Å². The molecule has 27 heavy (non-hydrogen) atoms. The monoisotopic (exact) mass is 447 g/mol. The minimum absolute atomic E-state index is 0.337. The molecule has 2 aromatic rings. The zero-order valence-electron chi connectivity index (χ0n) is 16.7. The Morgan fingerprint density at radius 1 is 1.04 bits per heavy atom. The Hall–Kier alpha value is -1.10. The summed E-state index contributed by atoms with van der Waals surface area (Å²) in [6.45, 7) is 8.18. The smallest absolute Gasteiger partial charge is 0.144 e. The summed E-state index contributed by atoms with van der Waals surface area (Å²) < 4.78 is 17.9. The number of unbranched alkanes of at least 4 members (excludes halogenated alkanes) is 1. The van der Waals surface area contributed by atoms with Crippen molar-refractivity contribution in [1.29, 1.82) is 0 Å². The lowest BCUT2D eigenvalue weighted by molar-refractivity contribution is 0.561. The third-order valence-corrected chi connectivity index (χ3v) is 6.53. The van der Waals surface area contributed by atoms with E-state index >= 15 is 0 Å². The second-order valence-electron chi connectivity index (χ2n) is 7.96. The Labute approximate surface area is 175 Å². The molecule has 2 atom stereocenters. The minimum Gasteiger partial charge on any atom is -0.591 e. The van der Waals surface area contributed by atoms with E-state index in [0.29, 0.717) is 5.92 Å². The van der Waals surface area contributed by atoms with Crippen molar-refractivity contribution >= 4 is 33.0 Å². The molecular formula is C23H30BrNOS. The van der Waals surface area contributed by atoms with Crippen molar-refractivity contribution in [1.82, 2.24) is 0 Å². The highest BCUT2D eigenvalue weighted by Crippen LogP contribution is 2.24. The maximum absolute atomic E-state index is 12.5. The molecule has 0 spiro atoms. The van der Waals surface area contributed by atoms with E-state index in [2.05, 4.69) is 63.6 Å². The third kappa shape index (κ3) is 7.44. The predicted octanol–water partition coefficient (Wildman–Crippen LogP) is 7.06. The van der Waals surface area contributed by atoms with Crippen LogP contribution in [0.3, 0.4) is 0 Å². The van der Waals surface area contributed by atoms with Gasteiger partial charge in [-0.2, -0.15) is 0 Å². The highest BCUT2D eigenvalue weighted by molar-refractivity contribution is 9.10. The van der Waals surface area contributed by atoms with Crippen molar-refractivity contribution in [3.05, 3.63) is 70.2 Å². The number of rotatable bonds is 8. The van der Waals surface area contributed by atoms with Crippen LogP contribution in [-0.4, -0.2) is 15.0 Å². The summed E-state index contributed by atoms with van der Waals surface area (Å²) in [5.41, 5.74) is 3.42. The topological polar surface area (TPSA) is 35.4 Å². The molecule has 0 aliphatic carbocycles. The fraction of sp³-hybridized carbons (Fsp3) is 0.435. The molecule has 0 heterocycles. The van der Waals surface area contributed by atoms with E-state index in [-0.39, 0.29) is 4.75 Å². The van der Waals surface area contributed by atoms with Gasteiger partial charge in [0.05, 0.1) is 5.71 Å². The van der Waals surface area contributed by atoms with Gasteiger partial charge in [0.25, 0.3) is 0 Å². The summed E-state index contributed by atoms with van der Waals surface area (Å²) in [5.74, 6) is 0.541. The molecule has 0 aliphatic heterocycles. The largest absolute Gasteiger partial charge is 0.591 e. The van der Waals surface area contributed by atoms with Crippen LogP contribution in [0.25, 0.3) is 0 Å². The Morgan fingerprint density at radius 2 is 1.67 bits per heavy atom. The fourth-order valence-corrected chi connectivity index (χ4v) is 3.75. The Balaban J connectivity index is 1.96. The van der Waals surface area contributed by atoms with Crippen LogP contribution in [0.1, 0.15) is 70.4 Å². The summed E-state index contributed by atoms with van der Waals surface area (Å²) in [7, 11) is 0. The Bertz CT molecular complexity index is 722. The molecule has 0 N–H and O–H groups in total. The maximum Gasteiger partial charge on any atom is 0.144 e. The van der Waals surface area contributed by atoms with Crippen molar-refractivity contribution in [3.8, 4) is 0 Å². The molecule has 0 saturated carbocycles. The number of halogens is 1. The number of hydrogen-bond acceptors (Lipinski definition) is 2. The highest BCUT2D eigenvalue weighted by Gasteiger charge is 2.27. The molecule has 0 amide bonds. The summed E-state index contributed by atoms with van der Waals surface area (Å²) in [4.78, 5) is 0. The summed E-state index contributed by atoms with van der Waals surface area (Å²) in [6, 6.07) is 18.7. The molecule has 146 valence electrons. The van der Waals surface area contributed by atoms with Crippen LogP contribution in [-0.2, 0) is 11.4 Å². The van der Waals surface area contributed by atoms with Gasteiger partial charge >= 0.3 is 0 Å². The SMILES string of the molecule is C[C@H](CCCC/C(=N/[S+]([O-])C(C)(C)C)c1ccccc1)c1ccc(Br)cc1. The van der Waals surface area contributed by atoms with Gasteiger partial charge in [0.15, 0.2) is 0 Å². The zero-order valence-corrected chi connectivity index (χ0v) is 19.1. The van der Waals surface area contributed by atoms with Crippen molar-refractivity contribution in [2.24, 2.45) is 4.40 Å². The number of benzene rings is 2. The predicted molar refractivity (Wildman–Crippen MR) is 122 cm³/mol. The van der Waals surface area contributed by atoms with Gasteiger partial charge in [-0.3, -0.25) is 0 Å². The number of nitrogens with zero attached hydrogens (tertiary/aromatic N) is 1. The standard InChI is InChI=1S/C23H30BrNOS/c1-18(19-14-16-21(24)17-15-19)10-8-9-13-22(20-11-6-5-7-12-20)25-27(26)23(2,3)4/h5-7,11-12,14-18H,8-10,13H2,1-4H3/b25-22-/t18-,27?/m1/s1.